The number of carbonyl (C=O) groups is 3. The van der Waals surface area contributed by atoms with Crippen molar-refractivity contribution in [3.8, 4) is 0 Å². The molecule has 2 amide bonds. The Balaban J connectivity index is 1.61. The summed E-state index contributed by atoms with van der Waals surface area (Å²) >= 11 is 1.22. The van der Waals surface area contributed by atoms with Gasteiger partial charge in [0.05, 0.1) is 20.6 Å². The van der Waals surface area contributed by atoms with E-state index < -0.39 is 59.2 Å². The number of carbonyl (C=O) groups excluding carboxylic acids is 3. The number of thioether (sulfide) groups is 1. The zero-order chi connectivity index (χ0) is 42.3. The maximum atomic E-state index is 12.9. The quantitative estimate of drug-likeness (QED) is 0.0499. The van der Waals surface area contributed by atoms with Crippen molar-refractivity contribution in [2.45, 2.75) is 92.2 Å². The highest BCUT2D eigenvalue weighted by Gasteiger charge is 2.40. The standard InChI is InChI=1S/C37H48N4O12S4/c1-26-15-16-27(56(48,49)39(4)5)25-31(26)54-33(38-21-8-10-23-55(45,46)47)13-11-12-32-37(2,3)29-24-28(57(50,51)52)17-18-30(29)40(32)22-9-6-7-14-36(44)53-41-34(42)19-20-35(41)43/h11-13,15-18,24-25H,6-10,14,19-23H2,1-5H3,(H,45,46,47)(H,50,51,52)/b13-11+,32-12+,38-33+. The van der Waals surface area contributed by atoms with Gasteiger partial charge in [-0.15, -0.1) is 5.06 Å². The third-order valence-electron chi connectivity index (χ3n) is 9.35. The molecule has 0 radical (unpaired) electrons. The number of allylic oxidation sites excluding steroid dienone is 3. The lowest BCUT2D eigenvalue weighted by atomic mass is 9.83. The van der Waals surface area contributed by atoms with Crippen LogP contribution in [0.25, 0.3) is 0 Å². The number of aryl methyl sites for hydroxylation is 1. The van der Waals surface area contributed by atoms with Crippen molar-refractivity contribution < 1.29 is 53.6 Å². The predicted octanol–water partition coefficient (Wildman–Crippen LogP) is 5.06. The summed E-state index contributed by atoms with van der Waals surface area (Å²) in [5.74, 6) is -2.21. The Kier molecular flexibility index (Phi) is 15.1. The highest BCUT2D eigenvalue weighted by Crippen LogP contribution is 2.48. The molecule has 2 N–H and O–H groups in total. The molecule has 2 heterocycles. The smallest absolute Gasteiger partial charge is 0.333 e. The molecule has 1 fully saturated rings. The van der Waals surface area contributed by atoms with E-state index in [-0.39, 0.29) is 42.0 Å². The molecule has 20 heteroatoms. The van der Waals surface area contributed by atoms with Gasteiger partial charge in [0.25, 0.3) is 32.1 Å². The molecule has 312 valence electrons. The zero-order valence-electron chi connectivity index (χ0n) is 32.4. The average Bonchev–Trinajstić information content (AvgIpc) is 3.53. The Labute approximate surface area is 338 Å². The van der Waals surface area contributed by atoms with Gasteiger partial charge in [-0.3, -0.25) is 23.7 Å². The number of hydrogen-bond donors (Lipinski definition) is 2. The van der Waals surface area contributed by atoms with Gasteiger partial charge in [-0.2, -0.15) is 16.8 Å². The first kappa shape index (κ1) is 45.8. The van der Waals surface area contributed by atoms with Crippen molar-refractivity contribution in [3.05, 3.63) is 71.5 Å². The fourth-order valence-corrected chi connectivity index (χ4v) is 9.20. The number of rotatable bonds is 18. The van der Waals surface area contributed by atoms with Gasteiger partial charge in [-0.05, 0) is 86.2 Å². The highest BCUT2D eigenvalue weighted by atomic mass is 32.2. The largest absolute Gasteiger partial charge is 0.344 e. The molecular weight excluding hydrogens is 821 g/mol. The zero-order valence-corrected chi connectivity index (χ0v) is 35.6. The van der Waals surface area contributed by atoms with Crippen LogP contribution < -0.4 is 4.90 Å². The van der Waals surface area contributed by atoms with E-state index in [1.807, 2.05) is 31.7 Å². The molecule has 57 heavy (non-hydrogen) atoms. The second kappa shape index (κ2) is 18.8. The summed E-state index contributed by atoms with van der Waals surface area (Å²) in [6, 6.07) is 9.16. The van der Waals surface area contributed by atoms with Crippen LogP contribution in [-0.2, 0) is 54.9 Å². The molecule has 0 aliphatic carbocycles. The van der Waals surface area contributed by atoms with Crippen LogP contribution in [0.4, 0.5) is 5.69 Å². The summed E-state index contributed by atoms with van der Waals surface area (Å²) in [4.78, 5) is 48.0. The Morgan fingerprint density at radius 1 is 0.930 bits per heavy atom. The Morgan fingerprint density at radius 3 is 2.23 bits per heavy atom. The van der Waals surface area contributed by atoms with Crippen molar-refractivity contribution in [2.75, 3.05) is 37.8 Å². The minimum Gasteiger partial charge on any atom is -0.344 e. The van der Waals surface area contributed by atoms with Crippen LogP contribution in [0, 0.1) is 6.92 Å². The summed E-state index contributed by atoms with van der Waals surface area (Å²) in [6.07, 6.45) is 7.43. The third kappa shape index (κ3) is 12.1. The van der Waals surface area contributed by atoms with Crippen LogP contribution in [0.15, 0.2) is 80.0 Å². The second-order valence-electron chi connectivity index (χ2n) is 14.2. The van der Waals surface area contributed by atoms with Crippen LogP contribution >= 0.6 is 11.8 Å². The summed E-state index contributed by atoms with van der Waals surface area (Å²) in [7, 11) is -9.50. The molecule has 2 aliphatic heterocycles. The molecule has 0 spiro atoms. The Morgan fingerprint density at radius 2 is 1.60 bits per heavy atom. The van der Waals surface area contributed by atoms with Gasteiger partial charge in [-0.25, -0.2) is 17.5 Å². The number of hydroxylamine groups is 2. The number of benzene rings is 2. The molecule has 0 aromatic heterocycles. The number of amides is 2. The van der Waals surface area contributed by atoms with Gasteiger partial charge in [-0.1, -0.05) is 44.2 Å². The van der Waals surface area contributed by atoms with Gasteiger partial charge < -0.3 is 9.74 Å². The van der Waals surface area contributed by atoms with Gasteiger partial charge in [0, 0.05) is 68.1 Å². The van der Waals surface area contributed by atoms with Crippen molar-refractivity contribution in [2.24, 2.45) is 4.99 Å². The van der Waals surface area contributed by atoms with Crippen molar-refractivity contribution in [1.29, 1.82) is 0 Å². The van der Waals surface area contributed by atoms with E-state index in [2.05, 4.69) is 4.99 Å². The minimum absolute atomic E-state index is 0.000180. The number of anilines is 1. The fourth-order valence-electron chi connectivity index (χ4n) is 6.18. The van der Waals surface area contributed by atoms with E-state index in [0.29, 0.717) is 58.5 Å². The van der Waals surface area contributed by atoms with Gasteiger partial charge in [0.1, 0.15) is 0 Å². The number of hydrogen-bond acceptors (Lipinski definition) is 13. The topological polar surface area (TPSA) is 225 Å². The number of sulfonamides is 1. The third-order valence-corrected chi connectivity index (χ3v) is 13.9. The Hall–Kier alpha value is -3.92. The van der Waals surface area contributed by atoms with Crippen LogP contribution in [-0.4, -0.2) is 99.5 Å². The molecule has 1 saturated heterocycles. The normalized spacial score (nSPS) is 17.1. The van der Waals surface area contributed by atoms with Crippen LogP contribution in [0.2, 0.25) is 0 Å². The number of imide groups is 1. The number of nitrogens with zero attached hydrogens (tertiary/aromatic N) is 4. The van der Waals surface area contributed by atoms with E-state index in [1.165, 1.54) is 44.1 Å². The van der Waals surface area contributed by atoms with Gasteiger partial charge in [0.2, 0.25) is 10.0 Å². The second-order valence-corrected chi connectivity index (χ2v) is 20.4. The lowest BCUT2D eigenvalue weighted by Gasteiger charge is -2.27. The summed E-state index contributed by atoms with van der Waals surface area (Å²) in [5, 5.41) is 1.00. The average molecular weight is 869 g/mol. The van der Waals surface area contributed by atoms with Crippen LogP contribution in [0.5, 0.6) is 0 Å². The molecular formula is C37H48N4O12S4. The molecule has 0 saturated carbocycles. The molecule has 0 bridgehead atoms. The molecule has 0 atom stereocenters. The van der Waals surface area contributed by atoms with E-state index in [0.717, 1.165) is 15.6 Å². The fraction of sp³-hybridized carbons (Fsp3) is 0.459. The summed E-state index contributed by atoms with van der Waals surface area (Å²) in [6.45, 7) is 6.33. The van der Waals surface area contributed by atoms with Crippen molar-refractivity contribution in [3.63, 3.8) is 0 Å². The first-order chi connectivity index (χ1) is 26.5. The van der Waals surface area contributed by atoms with E-state index in [4.69, 9.17) is 9.39 Å². The first-order valence-electron chi connectivity index (χ1n) is 18.1. The maximum Gasteiger partial charge on any atom is 0.333 e. The van der Waals surface area contributed by atoms with Gasteiger partial charge >= 0.3 is 5.97 Å². The predicted molar refractivity (Wildman–Crippen MR) is 215 cm³/mol. The molecule has 2 aromatic rings. The number of fused-ring (bicyclic) bond motifs is 1. The molecule has 0 unspecified atom stereocenters. The first-order valence-corrected chi connectivity index (χ1v) is 23.4. The van der Waals surface area contributed by atoms with E-state index >= 15 is 0 Å². The number of aliphatic imine (C=N–C) groups is 1. The number of unbranched alkanes of at least 4 members (excludes halogenated alkanes) is 3. The lowest BCUT2D eigenvalue weighted by molar-refractivity contribution is -0.197. The maximum absolute atomic E-state index is 12.9. The van der Waals surface area contributed by atoms with Crippen molar-refractivity contribution in [1.82, 2.24) is 9.37 Å². The van der Waals surface area contributed by atoms with E-state index in [9.17, 15) is 44.2 Å². The monoisotopic (exact) mass is 868 g/mol. The van der Waals surface area contributed by atoms with E-state index in [1.54, 1.807) is 30.4 Å². The lowest BCUT2D eigenvalue weighted by Crippen LogP contribution is -2.32. The minimum atomic E-state index is -4.51. The Bertz CT molecular complexity index is 2290. The molecule has 2 aliphatic rings. The highest BCUT2D eigenvalue weighted by molar-refractivity contribution is 8.14. The summed E-state index contributed by atoms with van der Waals surface area (Å²) < 4.78 is 92.5. The molecule has 2 aromatic carbocycles. The van der Waals surface area contributed by atoms with Crippen molar-refractivity contribution >= 4 is 70.5 Å². The van der Waals surface area contributed by atoms with Crippen LogP contribution in [0.1, 0.15) is 76.3 Å². The summed E-state index contributed by atoms with van der Waals surface area (Å²) in [5.41, 5.74) is 2.18. The van der Waals surface area contributed by atoms with Gasteiger partial charge in [0.15, 0.2) is 0 Å². The molecule has 16 nitrogen and oxygen atoms in total. The SMILES string of the molecule is Cc1ccc(S(=O)(=O)N(C)C)cc1SC(/C=C/C=C1/N(CCCCCC(=O)ON2C(=O)CCC2=O)c2ccc(S(=O)(=O)O)cc2C1(C)C)=N/CCCCS(=O)(=O)O. The van der Waals surface area contributed by atoms with Crippen LogP contribution in [0.3, 0.4) is 0 Å². The molecule has 4 rings (SSSR count).